The van der Waals surface area contributed by atoms with Gasteiger partial charge in [0.2, 0.25) is 0 Å². The first-order valence-electron chi connectivity index (χ1n) is 3.50. The zero-order valence-electron chi connectivity index (χ0n) is 6.65. The molecule has 1 atom stereocenters. The molecule has 3 N–H and O–H groups in total. The Morgan fingerprint density at radius 3 is 3.00 bits per heavy atom. The van der Waals surface area contributed by atoms with Crippen LogP contribution in [0.5, 0.6) is 0 Å². The normalized spacial score (nSPS) is 12.8. The molecule has 0 aliphatic carbocycles. The molecule has 1 heterocycles. The van der Waals surface area contributed by atoms with Crippen molar-refractivity contribution in [1.29, 1.82) is 0 Å². The maximum atomic E-state index is 10.3. The van der Waals surface area contributed by atoms with Crippen LogP contribution in [0.15, 0.2) is 10.7 Å². The number of nitrogens with two attached hydrogens (primary N) is 1. The van der Waals surface area contributed by atoms with E-state index in [1.807, 2.05) is 0 Å². The third-order valence-electron chi connectivity index (χ3n) is 1.57. The van der Waals surface area contributed by atoms with E-state index in [0.717, 1.165) is 5.56 Å². The van der Waals surface area contributed by atoms with Crippen molar-refractivity contribution in [3.63, 3.8) is 0 Å². The lowest BCUT2D eigenvalue weighted by Crippen LogP contribution is -2.32. The molecule has 0 aromatic carbocycles. The van der Waals surface area contributed by atoms with E-state index < -0.39 is 12.0 Å². The van der Waals surface area contributed by atoms with Gasteiger partial charge >= 0.3 is 5.97 Å². The van der Waals surface area contributed by atoms with Crippen molar-refractivity contribution < 1.29 is 14.4 Å². The fourth-order valence-electron chi connectivity index (χ4n) is 0.798. The Morgan fingerprint density at radius 1 is 1.92 bits per heavy atom. The minimum Gasteiger partial charge on any atom is -0.480 e. The van der Waals surface area contributed by atoms with Gasteiger partial charge in [0.15, 0.2) is 0 Å². The average molecular weight is 170 g/mol. The minimum atomic E-state index is -1.04. The second-order valence-corrected chi connectivity index (χ2v) is 2.58. The standard InChI is InChI=1S/C7H10N2O3/c1-4-3-9-12-6(4)2-5(8)7(10)11/h3,5H,2,8H2,1H3,(H,10,11). The van der Waals surface area contributed by atoms with Gasteiger partial charge in [0.1, 0.15) is 11.8 Å². The van der Waals surface area contributed by atoms with Crippen LogP contribution in [0.4, 0.5) is 0 Å². The van der Waals surface area contributed by atoms with Crippen LogP contribution in [0.25, 0.3) is 0 Å². The van der Waals surface area contributed by atoms with Crippen molar-refractivity contribution >= 4 is 5.97 Å². The van der Waals surface area contributed by atoms with Gasteiger partial charge in [0, 0.05) is 12.0 Å². The summed E-state index contributed by atoms with van der Waals surface area (Å²) in [6.45, 7) is 1.79. The third-order valence-corrected chi connectivity index (χ3v) is 1.57. The zero-order valence-corrected chi connectivity index (χ0v) is 6.65. The SMILES string of the molecule is Cc1cnoc1CC(N)C(=O)O. The van der Waals surface area contributed by atoms with Gasteiger partial charge in [-0.1, -0.05) is 5.16 Å². The van der Waals surface area contributed by atoms with Gasteiger partial charge in [-0.3, -0.25) is 4.79 Å². The molecule has 1 aromatic heterocycles. The highest BCUT2D eigenvalue weighted by atomic mass is 16.5. The molecule has 1 unspecified atom stereocenters. The van der Waals surface area contributed by atoms with Gasteiger partial charge in [-0.2, -0.15) is 0 Å². The molecular weight excluding hydrogens is 160 g/mol. The van der Waals surface area contributed by atoms with Crippen LogP contribution in [-0.2, 0) is 11.2 Å². The van der Waals surface area contributed by atoms with Crippen LogP contribution in [0.1, 0.15) is 11.3 Å². The molecule has 5 nitrogen and oxygen atoms in total. The average Bonchev–Trinajstić information content (AvgIpc) is 2.36. The summed E-state index contributed by atoms with van der Waals surface area (Å²) in [4.78, 5) is 10.3. The fourth-order valence-corrected chi connectivity index (χ4v) is 0.798. The summed E-state index contributed by atoms with van der Waals surface area (Å²) in [6.07, 6.45) is 1.71. The topological polar surface area (TPSA) is 89.4 Å². The predicted molar refractivity (Wildman–Crippen MR) is 40.6 cm³/mol. The predicted octanol–water partition coefficient (Wildman–Crippen LogP) is -0.0626. The number of aryl methyl sites for hydroxylation is 1. The molecule has 0 fully saturated rings. The smallest absolute Gasteiger partial charge is 0.320 e. The maximum Gasteiger partial charge on any atom is 0.320 e. The largest absolute Gasteiger partial charge is 0.480 e. The quantitative estimate of drug-likeness (QED) is 0.663. The molecule has 12 heavy (non-hydrogen) atoms. The summed E-state index contributed by atoms with van der Waals surface area (Å²) >= 11 is 0. The first kappa shape index (κ1) is 8.73. The van der Waals surface area contributed by atoms with Crippen molar-refractivity contribution in [1.82, 2.24) is 5.16 Å². The van der Waals surface area contributed by atoms with Crippen LogP contribution < -0.4 is 5.73 Å². The lowest BCUT2D eigenvalue weighted by molar-refractivity contribution is -0.138. The highest BCUT2D eigenvalue weighted by molar-refractivity contribution is 5.73. The van der Waals surface area contributed by atoms with Crippen molar-refractivity contribution in [2.75, 3.05) is 0 Å². The summed E-state index contributed by atoms with van der Waals surface area (Å²) in [5.41, 5.74) is 6.11. The number of hydrogen-bond donors (Lipinski definition) is 2. The van der Waals surface area contributed by atoms with Gasteiger partial charge in [0.25, 0.3) is 0 Å². The molecule has 0 aliphatic rings. The number of hydrogen-bond acceptors (Lipinski definition) is 4. The first-order valence-corrected chi connectivity index (χ1v) is 3.50. The third kappa shape index (κ3) is 1.82. The van der Waals surface area contributed by atoms with E-state index in [9.17, 15) is 4.79 Å². The van der Waals surface area contributed by atoms with Gasteiger partial charge < -0.3 is 15.4 Å². The highest BCUT2D eigenvalue weighted by Gasteiger charge is 2.15. The molecule has 0 saturated carbocycles. The summed E-state index contributed by atoms with van der Waals surface area (Å²) in [5, 5.41) is 12.0. The number of carboxylic acid groups (broad SMARTS) is 1. The Balaban J connectivity index is 2.64. The van der Waals surface area contributed by atoms with Crippen LogP contribution in [0.2, 0.25) is 0 Å². The Hall–Kier alpha value is -1.36. The van der Waals surface area contributed by atoms with Gasteiger partial charge in [-0.05, 0) is 6.92 Å². The number of aromatic nitrogens is 1. The van der Waals surface area contributed by atoms with Crippen LogP contribution in [-0.4, -0.2) is 22.3 Å². The van der Waals surface area contributed by atoms with Crippen molar-refractivity contribution in [3.8, 4) is 0 Å². The number of rotatable bonds is 3. The molecule has 0 amide bonds. The summed E-state index contributed by atoms with van der Waals surface area (Å²) < 4.78 is 4.79. The van der Waals surface area contributed by atoms with Gasteiger partial charge in [0.05, 0.1) is 6.20 Å². The van der Waals surface area contributed by atoms with E-state index in [0.29, 0.717) is 5.76 Å². The molecule has 1 aromatic rings. The Kier molecular flexibility index (Phi) is 2.44. The molecule has 1 rings (SSSR count). The second kappa shape index (κ2) is 3.36. The Bertz CT molecular complexity index is 282. The van der Waals surface area contributed by atoms with Crippen LogP contribution in [0.3, 0.4) is 0 Å². The van der Waals surface area contributed by atoms with Crippen molar-refractivity contribution in [3.05, 3.63) is 17.5 Å². The first-order chi connectivity index (χ1) is 5.61. The van der Waals surface area contributed by atoms with E-state index in [4.69, 9.17) is 15.4 Å². The van der Waals surface area contributed by atoms with Gasteiger partial charge in [-0.15, -0.1) is 0 Å². The number of carbonyl (C=O) groups is 1. The monoisotopic (exact) mass is 170 g/mol. The number of carboxylic acids is 1. The molecule has 5 heteroatoms. The van der Waals surface area contributed by atoms with Gasteiger partial charge in [-0.25, -0.2) is 0 Å². The molecule has 0 saturated heterocycles. The molecule has 0 aliphatic heterocycles. The van der Waals surface area contributed by atoms with E-state index in [-0.39, 0.29) is 6.42 Å². The zero-order chi connectivity index (χ0) is 9.14. The number of aliphatic carboxylic acids is 1. The summed E-state index contributed by atoms with van der Waals surface area (Å²) in [5.74, 6) is -0.504. The van der Waals surface area contributed by atoms with Crippen LogP contribution in [0, 0.1) is 6.92 Å². The lowest BCUT2D eigenvalue weighted by Gasteiger charge is -2.02. The lowest BCUT2D eigenvalue weighted by atomic mass is 10.1. The van der Waals surface area contributed by atoms with E-state index in [1.165, 1.54) is 6.20 Å². The molecule has 0 radical (unpaired) electrons. The number of nitrogens with zero attached hydrogens (tertiary/aromatic N) is 1. The maximum absolute atomic E-state index is 10.3. The minimum absolute atomic E-state index is 0.182. The molecular formula is C7H10N2O3. The van der Waals surface area contributed by atoms with E-state index >= 15 is 0 Å². The summed E-state index contributed by atoms with van der Waals surface area (Å²) in [6, 6.07) is -0.920. The Morgan fingerprint density at radius 2 is 2.58 bits per heavy atom. The molecule has 0 spiro atoms. The Labute approximate surface area is 69.2 Å². The van der Waals surface area contributed by atoms with E-state index in [2.05, 4.69) is 5.16 Å². The second-order valence-electron chi connectivity index (χ2n) is 2.58. The van der Waals surface area contributed by atoms with Crippen molar-refractivity contribution in [2.24, 2.45) is 5.73 Å². The molecule has 0 bridgehead atoms. The summed E-state index contributed by atoms with van der Waals surface area (Å²) in [7, 11) is 0. The highest BCUT2D eigenvalue weighted by Crippen LogP contribution is 2.07. The van der Waals surface area contributed by atoms with Crippen LogP contribution >= 0.6 is 0 Å². The van der Waals surface area contributed by atoms with E-state index in [1.54, 1.807) is 6.92 Å². The fraction of sp³-hybridized carbons (Fsp3) is 0.429. The molecule has 66 valence electrons. The van der Waals surface area contributed by atoms with Crippen molar-refractivity contribution in [2.45, 2.75) is 19.4 Å².